The van der Waals surface area contributed by atoms with Gasteiger partial charge in [-0.2, -0.15) is 4.98 Å². The lowest BCUT2D eigenvalue weighted by atomic mass is 9.94. The van der Waals surface area contributed by atoms with Crippen LogP contribution in [0.1, 0.15) is 18.5 Å². The number of carbonyl (C=O) groups excluding carboxylic acids is 1. The number of allylic oxidation sites excluding steroid dienone is 1. The van der Waals surface area contributed by atoms with Gasteiger partial charge in [-0.15, -0.1) is 5.10 Å². The van der Waals surface area contributed by atoms with Gasteiger partial charge >= 0.3 is 0 Å². The summed E-state index contributed by atoms with van der Waals surface area (Å²) < 4.78 is 18.5. The molecule has 10 heteroatoms. The van der Waals surface area contributed by atoms with Crippen LogP contribution in [0.4, 0.5) is 17.3 Å². The molecule has 10 nitrogen and oxygen atoms in total. The molecule has 0 aliphatic carbocycles. The second kappa shape index (κ2) is 11.0. The fourth-order valence-corrected chi connectivity index (χ4v) is 4.75. The summed E-state index contributed by atoms with van der Waals surface area (Å²) in [7, 11) is 8.74. The van der Waals surface area contributed by atoms with Gasteiger partial charge < -0.3 is 29.7 Å². The Morgan fingerprint density at radius 3 is 2.35 bits per heavy atom. The van der Waals surface area contributed by atoms with Gasteiger partial charge in [0.1, 0.15) is 23.3 Å². The van der Waals surface area contributed by atoms with Crippen molar-refractivity contribution >= 4 is 23.2 Å². The predicted octanol–water partition coefficient (Wildman–Crippen LogP) is 4.96. The minimum absolute atomic E-state index is 0.317. The quantitative estimate of drug-likeness (QED) is 0.323. The molecule has 0 saturated carbocycles. The number of benzene rings is 3. The number of amides is 1. The lowest BCUT2D eigenvalue weighted by molar-refractivity contribution is -0.113. The molecule has 1 atom stereocenters. The van der Waals surface area contributed by atoms with Crippen LogP contribution in [0.5, 0.6) is 17.2 Å². The Labute approximate surface area is 233 Å². The first-order chi connectivity index (χ1) is 19.3. The van der Waals surface area contributed by atoms with E-state index < -0.39 is 6.04 Å². The van der Waals surface area contributed by atoms with Crippen LogP contribution in [0.15, 0.2) is 78.0 Å². The summed E-state index contributed by atoms with van der Waals surface area (Å²) >= 11 is 0. The molecule has 4 aromatic rings. The maximum atomic E-state index is 14.0. The van der Waals surface area contributed by atoms with Gasteiger partial charge in [-0.05, 0) is 61.5 Å². The van der Waals surface area contributed by atoms with E-state index in [2.05, 4.69) is 10.6 Å². The molecule has 0 spiro atoms. The highest BCUT2D eigenvalue weighted by atomic mass is 16.5. The van der Waals surface area contributed by atoms with Crippen LogP contribution in [-0.2, 0) is 4.79 Å². The second-order valence-corrected chi connectivity index (χ2v) is 9.47. The van der Waals surface area contributed by atoms with E-state index in [0.29, 0.717) is 51.5 Å². The average molecular weight is 541 g/mol. The fraction of sp³-hybridized carbons (Fsp3) is 0.233. The van der Waals surface area contributed by atoms with Crippen molar-refractivity contribution in [2.24, 2.45) is 0 Å². The molecular weight excluding hydrogens is 508 g/mol. The summed E-state index contributed by atoms with van der Waals surface area (Å²) in [5, 5.41) is 11.2. The van der Waals surface area contributed by atoms with Gasteiger partial charge in [0.25, 0.3) is 5.91 Å². The zero-order valence-corrected chi connectivity index (χ0v) is 23.4. The Kier molecular flexibility index (Phi) is 7.33. The van der Waals surface area contributed by atoms with Crippen molar-refractivity contribution in [2.45, 2.75) is 13.0 Å². The Morgan fingerprint density at radius 1 is 0.950 bits per heavy atom. The summed E-state index contributed by atoms with van der Waals surface area (Å²) in [6, 6.07) is 20.1. The van der Waals surface area contributed by atoms with E-state index >= 15 is 0 Å². The lowest BCUT2D eigenvalue weighted by Crippen LogP contribution is -2.31. The van der Waals surface area contributed by atoms with Gasteiger partial charge in [-0.25, -0.2) is 4.68 Å². The first-order valence-corrected chi connectivity index (χ1v) is 12.7. The molecule has 40 heavy (non-hydrogen) atoms. The van der Waals surface area contributed by atoms with E-state index in [1.165, 1.54) is 0 Å². The molecule has 0 bridgehead atoms. The predicted molar refractivity (Wildman–Crippen MR) is 155 cm³/mol. The normalized spacial score (nSPS) is 14.2. The van der Waals surface area contributed by atoms with Crippen molar-refractivity contribution in [3.63, 3.8) is 0 Å². The summed E-state index contributed by atoms with van der Waals surface area (Å²) in [5.41, 5.74) is 4.26. The minimum atomic E-state index is -0.668. The fourth-order valence-electron chi connectivity index (χ4n) is 4.75. The van der Waals surface area contributed by atoms with Crippen molar-refractivity contribution in [1.82, 2.24) is 14.8 Å². The highest BCUT2D eigenvalue weighted by Crippen LogP contribution is 2.42. The molecule has 2 heterocycles. The van der Waals surface area contributed by atoms with E-state index in [-0.39, 0.29) is 5.91 Å². The number of methoxy groups -OCH3 is 3. The molecule has 1 unspecified atom stereocenters. The highest BCUT2D eigenvalue weighted by Gasteiger charge is 2.36. The number of para-hydroxylation sites is 2. The molecule has 1 aromatic heterocycles. The molecule has 0 saturated heterocycles. The van der Waals surface area contributed by atoms with Gasteiger partial charge in [0.15, 0.2) is 5.82 Å². The number of fused-ring (bicyclic) bond motifs is 1. The number of anilines is 3. The van der Waals surface area contributed by atoms with Crippen LogP contribution >= 0.6 is 0 Å². The smallest absolute Gasteiger partial charge is 0.255 e. The summed E-state index contributed by atoms with van der Waals surface area (Å²) in [4.78, 5) is 20.8. The van der Waals surface area contributed by atoms with Gasteiger partial charge in [0, 0.05) is 36.6 Å². The van der Waals surface area contributed by atoms with Crippen LogP contribution in [0, 0.1) is 0 Å². The van der Waals surface area contributed by atoms with Gasteiger partial charge in [0.05, 0.1) is 32.6 Å². The Bertz CT molecular complexity index is 1580. The van der Waals surface area contributed by atoms with Crippen LogP contribution < -0.4 is 29.7 Å². The maximum absolute atomic E-state index is 14.0. The van der Waals surface area contributed by atoms with Crippen LogP contribution in [-0.4, -0.2) is 56.1 Å². The third-order valence-corrected chi connectivity index (χ3v) is 6.83. The number of ether oxygens (including phenoxy) is 3. The van der Waals surface area contributed by atoms with Crippen LogP contribution in [0.25, 0.3) is 11.4 Å². The number of carbonyl (C=O) groups is 1. The standard InChI is InChI=1S/C30H32N6O4/c1-18-26(29(37)32-23-9-7-8-10-25(23)40-6)27(22-17-21(38-4)15-16-24(22)39-5)36-30(31-18)33-28(34-36)19-11-13-20(14-12-19)35(2)3/h7-17,27H,1-6H3,(H,32,37)(H,31,33,34). The summed E-state index contributed by atoms with van der Waals surface area (Å²) in [5.74, 6) is 2.48. The second-order valence-electron chi connectivity index (χ2n) is 9.47. The largest absolute Gasteiger partial charge is 0.497 e. The molecule has 3 aromatic carbocycles. The zero-order chi connectivity index (χ0) is 28.4. The molecular formula is C30H32N6O4. The molecule has 0 fully saturated rings. The molecule has 1 aliphatic rings. The molecule has 0 radical (unpaired) electrons. The van der Waals surface area contributed by atoms with Gasteiger partial charge in [0.2, 0.25) is 5.95 Å². The molecule has 2 N–H and O–H groups in total. The van der Waals surface area contributed by atoms with Crippen molar-refractivity contribution in [1.29, 1.82) is 0 Å². The third-order valence-electron chi connectivity index (χ3n) is 6.83. The number of hydrogen-bond donors (Lipinski definition) is 2. The van der Waals surface area contributed by atoms with Crippen molar-refractivity contribution in [3.05, 3.63) is 83.6 Å². The Morgan fingerprint density at radius 2 is 1.68 bits per heavy atom. The summed E-state index contributed by atoms with van der Waals surface area (Å²) in [6.45, 7) is 1.85. The van der Waals surface area contributed by atoms with Crippen molar-refractivity contribution < 1.29 is 19.0 Å². The monoisotopic (exact) mass is 540 g/mol. The Hall–Kier alpha value is -4.99. The van der Waals surface area contributed by atoms with E-state index in [4.69, 9.17) is 24.3 Å². The zero-order valence-electron chi connectivity index (χ0n) is 23.4. The van der Waals surface area contributed by atoms with E-state index in [9.17, 15) is 4.79 Å². The minimum Gasteiger partial charge on any atom is -0.497 e. The first-order valence-electron chi connectivity index (χ1n) is 12.7. The topological polar surface area (TPSA) is 103 Å². The molecule has 206 valence electrons. The average Bonchev–Trinajstić information content (AvgIpc) is 3.40. The van der Waals surface area contributed by atoms with Crippen molar-refractivity contribution in [2.75, 3.05) is 51.0 Å². The van der Waals surface area contributed by atoms with Crippen LogP contribution in [0.2, 0.25) is 0 Å². The number of hydrogen-bond acceptors (Lipinski definition) is 8. The lowest BCUT2D eigenvalue weighted by Gasteiger charge is -2.29. The van der Waals surface area contributed by atoms with Gasteiger partial charge in [-0.3, -0.25) is 4.79 Å². The molecule has 1 amide bonds. The molecule has 5 rings (SSSR count). The first kappa shape index (κ1) is 26.6. The maximum Gasteiger partial charge on any atom is 0.255 e. The van der Waals surface area contributed by atoms with Crippen molar-refractivity contribution in [3.8, 4) is 28.6 Å². The molecule has 1 aliphatic heterocycles. The Balaban J connectivity index is 1.64. The van der Waals surface area contributed by atoms with Crippen LogP contribution in [0.3, 0.4) is 0 Å². The van der Waals surface area contributed by atoms with E-state index in [1.54, 1.807) is 38.1 Å². The highest BCUT2D eigenvalue weighted by molar-refractivity contribution is 6.06. The van der Waals surface area contributed by atoms with E-state index in [0.717, 1.165) is 11.3 Å². The SMILES string of the molecule is COc1ccc(OC)c(C2C(C(=O)Nc3ccccc3OC)=C(C)Nc3nc(-c4ccc(N(C)C)cc4)nn32)c1. The third kappa shape index (κ3) is 4.91. The van der Waals surface area contributed by atoms with Gasteiger partial charge in [-0.1, -0.05) is 12.1 Å². The number of nitrogens with zero attached hydrogens (tertiary/aromatic N) is 4. The number of aromatic nitrogens is 3. The summed E-state index contributed by atoms with van der Waals surface area (Å²) in [6.07, 6.45) is 0. The van der Waals surface area contributed by atoms with E-state index in [1.807, 2.05) is 80.5 Å². The number of nitrogens with one attached hydrogen (secondary N) is 2. The number of rotatable bonds is 8.